The summed E-state index contributed by atoms with van der Waals surface area (Å²) in [6.07, 6.45) is 0. The first-order valence-corrected chi connectivity index (χ1v) is 0.289. The van der Waals surface area contributed by atoms with E-state index in [2.05, 4.69) is 0 Å². The molecule has 0 aliphatic rings. The maximum Gasteiger partial charge on any atom is 0.106 e. The van der Waals surface area contributed by atoms with Gasteiger partial charge >= 0.3 is 0 Å². The van der Waals surface area contributed by atoms with Crippen molar-refractivity contribution in [1.29, 1.82) is 0 Å². The molecule has 0 fully saturated rings. The van der Waals surface area contributed by atoms with Gasteiger partial charge in [0.2, 0.25) is 0 Å². The minimum absolute atomic E-state index is 0. The molecule has 0 radical (unpaired) electrons. The van der Waals surface area contributed by atoms with Crippen LogP contribution in [0.5, 0.6) is 0 Å². The molecule has 0 unspecified atom stereocenters. The molecule has 24 valence electrons. The summed E-state index contributed by atoms with van der Waals surface area (Å²) in [5.41, 5.74) is 0. The number of carbonyl (C=O) groups is 1. The molecule has 4 heavy (non-hydrogen) atoms. The molecule has 0 amide bonds. The third kappa shape index (κ3) is 35.7. The molecule has 0 rings (SSSR count). The van der Waals surface area contributed by atoms with E-state index in [0.717, 1.165) is 0 Å². The Morgan fingerprint density at radius 3 is 1.25 bits per heavy atom. The van der Waals surface area contributed by atoms with Gasteiger partial charge in [-0.2, -0.15) is 0 Å². The second kappa shape index (κ2) is 155. The zero-order valence-corrected chi connectivity index (χ0v) is 3.68. The van der Waals surface area contributed by atoms with Crippen molar-refractivity contribution in [3.05, 3.63) is 0 Å². The van der Waals surface area contributed by atoms with Gasteiger partial charge in [0, 0.05) is 21.7 Å². The van der Waals surface area contributed by atoms with E-state index in [4.69, 9.17) is 4.79 Å². The molecule has 0 aliphatic carbocycles. The van der Waals surface area contributed by atoms with E-state index in [9.17, 15) is 0 Å². The molecule has 0 aliphatic heterocycles. The van der Waals surface area contributed by atoms with Gasteiger partial charge in [-0.1, -0.05) is 0 Å². The predicted molar refractivity (Wildman–Crippen MR) is 10.7 cm³/mol. The van der Waals surface area contributed by atoms with Crippen molar-refractivity contribution in [2.45, 2.75) is 0 Å². The zero-order valence-electron chi connectivity index (χ0n) is 2.12. The van der Waals surface area contributed by atoms with E-state index in [1.807, 2.05) is 6.79 Å². The Hall–Kier alpha value is 0.344. The Morgan fingerprint density at radius 2 is 1.25 bits per heavy atom. The predicted octanol–water partition coefficient (Wildman–Crippen LogP) is -1.01. The molecule has 0 heterocycles. The second-order valence-electron chi connectivity index (χ2n) is 0. The molecule has 2 nitrogen and oxygen atoms in total. The van der Waals surface area contributed by atoms with Gasteiger partial charge in [-0.05, 0) is 0 Å². The third-order valence-electron chi connectivity index (χ3n) is 0. The van der Waals surface area contributed by atoms with Gasteiger partial charge < -0.3 is 10.3 Å². The molecule has 0 bridgehead atoms. The minimum Gasteiger partial charge on any atom is -0.412 e. The number of carbonyl (C=O) groups excluding carboxylic acids is 1. The molecule has 0 saturated carbocycles. The van der Waals surface area contributed by atoms with Gasteiger partial charge in [-0.3, -0.25) is 0 Å². The summed E-state index contributed by atoms with van der Waals surface area (Å²) in [5.74, 6) is 0. The Labute approximate surface area is 39.4 Å². The van der Waals surface area contributed by atoms with E-state index in [1.165, 1.54) is 0 Å². The largest absolute Gasteiger partial charge is 0.412 e. The molecule has 0 aromatic heterocycles. The summed E-state index contributed by atoms with van der Waals surface area (Å²) in [6.45, 7) is 2.00. The van der Waals surface area contributed by atoms with Crippen LogP contribution in [-0.4, -0.2) is 12.3 Å². The number of rotatable bonds is 0. The number of hydrogen-bond acceptors (Lipinski definition) is 1. The summed E-state index contributed by atoms with van der Waals surface area (Å²) in [5, 5.41) is 0. The van der Waals surface area contributed by atoms with Gasteiger partial charge in [-0.15, -0.1) is 0 Å². The van der Waals surface area contributed by atoms with Crippen LogP contribution in [0.2, 0.25) is 0 Å². The fourth-order valence-electron chi connectivity index (χ4n) is 0. The average Bonchev–Trinajstić information content (AvgIpc) is 1.00. The van der Waals surface area contributed by atoms with Crippen LogP contribution in [0.3, 0.4) is 0 Å². The third-order valence-corrected chi connectivity index (χ3v) is 0. The first-order chi connectivity index (χ1) is 1.00. The van der Waals surface area contributed by atoms with E-state index in [0.29, 0.717) is 0 Å². The molecule has 2 N–H and O–H groups in total. The summed E-state index contributed by atoms with van der Waals surface area (Å²) < 4.78 is 0. The topological polar surface area (TPSA) is 48.6 Å². The quantitative estimate of drug-likeness (QED) is 0.356. The molecule has 0 atom stereocenters. The zero-order chi connectivity index (χ0) is 2.00. The van der Waals surface area contributed by atoms with Crippen LogP contribution < -0.4 is 0 Å². The van der Waals surface area contributed by atoms with Crippen molar-refractivity contribution in [2.24, 2.45) is 0 Å². The van der Waals surface area contributed by atoms with Crippen molar-refractivity contribution < 1.29 is 32.0 Å². The summed E-state index contributed by atoms with van der Waals surface area (Å²) in [6, 6.07) is 0. The molecular formula is CH4O2Ti. The summed E-state index contributed by atoms with van der Waals surface area (Å²) >= 11 is 0. The van der Waals surface area contributed by atoms with Crippen molar-refractivity contribution >= 4 is 6.79 Å². The molecule has 0 aromatic carbocycles. The van der Waals surface area contributed by atoms with Crippen LogP contribution >= 0.6 is 0 Å². The fourth-order valence-corrected chi connectivity index (χ4v) is 0. The smallest absolute Gasteiger partial charge is 0.106 e. The maximum absolute atomic E-state index is 8.00. The first kappa shape index (κ1) is 26.9. The fraction of sp³-hybridized carbons (Fsp3) is 0. The van der Waals surface area contributed by atoms with Crippen molar-refractivity contribution in [1.82, 2.24) is 0 Å². The minimum atomic E-state index is 0. The summed E-state index contributed by atoms with van der Waals surface area (Å²) in [7, 11) is 0. The van der Waals surface area contributed by atoms with E-state index >= 15 is 0 Å². The van der Waals surface area contributed by atoms with Gasteiger partial charge in [-0.25, -0.2) is 0 Å². The van der Waals surface area contributed by atoms with Gasteiger partial charge in [0.25, 0.3) is 0 Å². The Bertz CT molecular complexity index is 6.00. The van der Waals surface area contributed by atoms with Gasteiger partial charge in [0.05, 0.1) is 0 Å². The monoisotopic (exact) mass is 96.0 g/mol. The van der Waals surface area contributed by atoms with Crippen LogP contribution in [-0.2, 0) is 26.5 Å². The Balaban J connectivity index is -0.00000000500. The van der Waals surface area contributed by atoms with E-state index in [1.54, 1.807) is 0 Å². The van der Waals surface area contributed by atoms with E-state index < -0.39 is 0 Å². The maximum atomic E-state index is 8.00. The van der Waals surface area contributed by atoms with Crippen LogP contribution in [0.1, 0.15) is 0 Å². The normalized spacial score (nSPS) is 1.00. The summed E-state index contributed by atoms with van der Waals surface area (Å²) in [4.78, 5) is 8.00. The van der Waals surface area contributed by atoms with E-state index in [-0.39, 0.29) is 27.2 Å². The van der Waals surface area contributed by atoms with Crippen LogP contribution in [0, 0.1) is 0 Å². The van der Waals surface area contributed by atoms with Gasteiger partial charge in [0.1, 0.15) is 6.79 Å². The van der Waals surface area contributed by atoms with Crippen LogP contribution in [0.4, 0.5) is 0 Å². The second-order valence-corrected chi connectivity index (χ2v) is 0. The molecular weight excluding hydrogens is 91.9 g/mol. The Morgan fingerprint density at radius 1 is 1.25 bits per heavy atom. The molecule has 0 aromatic rings. The number of hydrogen-bond donors (Lipinski definition) is 0. The SMILES string of the molecule is C=O.O.[Ti]. The Kier molecular flexibility index (Phi) is 1040. The van der Waals surface area contributed by atoms with Crippen molar-refractivity contribution in [3.8, 4) is 0 Å². The average molecular weight is 95.9 g/mol. The van der Waals surface area contributed by atoms with Crippen LogP contribution in [0.15, 0.2) is 0 Å². The van der Waals surface area contributed by atoms with Crippen LogP contribution in [0.25, 0.3) is 0 Å². The standard InChI is InChI=1S/CH2O.H2O.Ti/c1-2;;/h1H2;1H2;. The molecule has 3 heteroatoms. The first-order valence-electron chi connectivity index (χ1n) is 0.289. The van der Waals surface area contributed by atoms with Gasteiger partial charge in [0.15, 0.2) is 0 Å². The molecule has 0 saturated heterocycles. The van der Waals surface area contributed by atoms with Crippen molar-refractivity contribution in [3.63, 3.8) is 0 Å². The van der Waals surface area contributed by atoms with Crippen molar-refractivity contribution in [2.75, 3.05) is 0 Å². The molecule has 0 spiro atoms.